The molecular weight excluding hydrogens is 510 g/mol. The quantitative estimate of drug-likeness (QED) is 0.373. The minimum absolute atomic E-state index is 0.0256. The predicted octanol–water partition coefficient (Wildman–Crippen LogP) is 4.36. The summed E-state index contributed by atoms with van der Waals surface area (Å²) in [5.41, 5.74) is 1.41. The molecular formula is C27H35N3O5S2. The molecule has 3 heterocycles. The van der Waals surface area contributed by atoms with E-state index in [2.05, 4.69) is 44.3 Å². The Bertz CT molecular complexity index is 1100. The van der Waals surface area contributed by atoms with Gasteiger partial charge in [0.15, 0.2) is 0 Å². The molecule has 10 heteroatoms. The van der Waals surface area contributed by atoms with E-state index in [1.165, 1.54) is 41.6 Å². The fourth-order valence-electron chi connectivity index (χ4n) is 5.28. The van der Waals surface area contributed by atoms with Crippen LogP contribution in [-0.2, 0) is 14.4 Å². The number of amides is 1. The van der Waals surface area contributed by atoms with Crippen LogP contribution >= 0.6 is 23.1 Å². The Morgan fingerprint density at radius 1 is 0.946 bits per heavy atom. The molecule has 1 saturated carbocycles. The lowest BCUT2D eigenvalue weighted by molar-refractivity contribution is -0.134. The SMILES string of the molecule is O=C(O)/C=C\C(=O)O.O=C1N(CCCCN2CCN(c3csc4ccccc34)CC2)CSC12CCCC2. The monoisotopic (exact) mass is 545 g/mol. The average molecular weight is 546 g/mol. The zero-order valence-corrected chi connectivity index (χ0v) is 22.6. The van der Waals surface area contributed by atoms with Crippen molar-refractivity contribution in [3.63, 3.8) is 0 Å². The third-order valence-corrected chi connectivity index (χ3v) is 9.81. The molecule has 0 unspecified atom stereocenters. The van der Waals surface area contributed by atoms with Gasteiger partial charge >= 0.3 is 11.9 Å². The second-order valence-electron chi connectivity index (χ2n) is 9.71. The molecule has 1 aromatic heterocycles. The van der Waals surface area contributed by atoms with Crippen molar-refractivity contribution in [2.75, 3.05) is 50.0 Å². The van der Waals surface area contributed by atoms with Gasteiger partial charge in [0.05, 0.1) is 16.3 Å². The maximum Gasteiger partial charge on any atom is 0.328 e. The number of nitrogens with zero attached hydrogens (tertiary/aromatic N) is 3. The summed E-state index contributed by atoms with van der Waals surface area (Å²) in [5.74, 6) is -1.15. The standard InChI is InChI=1S/C23H31N3OS2.C4H4O4/c27-22-23(9-3-4-10-23)29-18-26(22)12-6-5-11-24-13-15-25(16-14-24)20-17-28-21-8-2-1-7-19(20)21;5-3(6)1-2-4(7)8/h1-2,7-8,17H,3-6,9-16,18H2;1-2H,(H,5,6)(H,7,8)/b;2-1-. The summed E-state index contributed by atoms with van der Waals surface area (Å²) >= 11 is 3.77. The van der Waals surface area contributed by atoms with Crippen molar-refractivity contribution < 1.29 is 24.6 Å². The molecule has 1 aromatic carbocycles. The number of benzene rings is 1. The van der Waals surface area contributed by atoms with E-state index in [1.54, 1.807) is 0 Å². The van der Waals surface area contributed by atoms with Crippen LogP contribution in [0.25, 0.3) is 10.1 Å². The van der Waals surface area contributed by atoms with Crippen LogP contribution in [0, 0.1) is 0 Å². The molecule has 3 aliphatic rings. The van der Waals surface area contributed by atoms with E-state index in [0.717, 1.165) is 57.9 Å². The average Bonchev–Trinajstić information content (AvgIpc) is 3.62. The van der Waals surface area contributed by atoms with Gasteiger partial charge in [0.25, 0.3) is 0 Å². The highest BCUT2D eigenvalue weighted by atomic mass is 32.2. The van der Waals surface area contributed by atoms with Gasteiger partial charge in [-0.3, -0.25) is 9.69 Å². The number of carboxylic acids is 2. The normalized spacial score (nSPS) is 19.6. The molecule has 2 saturated heterocycles. The first-order chi connectivity index (χ1) is 17.9. The zero-order chi connectivity index (χ0) is 26.3. The summed E-state index contributed by atoms with van der Waals surface area (Å²) in [6, 6.07) is 8.74. The van der Waals surface area contributed by atoms with Crippen LogP contribution in [0.2, 0.25) is 0 Å². The summed E-state index contributed by atoms with van der Waals surface area (Å²) in [6.07, 6.45) is 8.14. The van der Waals surface area contributed by atoms with Crippen LogP contribution in [0.5, 0.6) is 0 Å². The topological polar surface area (TPSA) is 101 Å². The number of hydrogen-bond donors (Lipinski definition) is 2. The molecule has 8 nitrogen and oxygen atoms in total. The molecule has 200 valence electrons. The molecule has 2 aromatic rings. The Morgan fingerprint density at radius 3 is 2.27 bits per heavy atom. The Morgan fingerprint density at radius 2 is 1.59 bits per heavy atom. The number of carbonyl (C=O) groups is 3. The Hall–Kier alpha value is -2.56. The number of fused-ring (bicyclic) bond motifs is 1. The number of carboxylic acid groups (broad SMARTS) is 2. The molecule has 1 aliphatic carbocycles. The number of rotatable bonds is 8. The number of thiophene rings is 1. The summed E-state index contributed by atoms with van der Waals surface area (Å²) in [5, 5.41) is 19.3. The number of unbranched alkanes of at least 4 members (excludes halogenated alkanes) is 1. The second-order valence-corrected chi connectivity index (χ2v) is 11.9. The Kier molecular flexibility index (Phi) is 9.50. The highest BCUT2D eigenvalue weighted by Crippen LogP contribution is 2.47. The van der Waals surface area contributed by atoms with E-state index < -0.39 is 11.9 Å². The maximum atomic E-state index is 12.8. The van der Waals surface area contributed by atoms with E-state index >= 15 is 0 Å². The molecule has 0 atom stereocenters. The predicted molar refractivity (Wildman–Crippen MR) is 149 cm³/mol. The van der Waals surface area contributed by atoms with Gasteiger partial charge < -0.3 is 20.0 Å². The third kappa shape index (κ3) is 7.06. The van der Waals surface area contributed by atoms with Crippen molar-refractivity contribution in [3.8, 4) is 0 Å². The van der Waals surface area contributed by atoms with Crippen LogP contribution in [0.3, 0.4) is 0 Å². The number of carbonyl (C=O) groups excluding carboxylic acids is 1. The first-order valence-corrected chi connectivity index (χ1v) is 14.8. The number of aliphatic carboxylic acids is 2. The summed E-state index contributed by atoms with van der Waals surface area (Å²) < 4.78 is 1.36. The van der Waals surface area contributed by atoms with Crippen molar-refractivity contribution in [1.29, 1.82) is 0 Å². The van der Waals surface area contributed by atoms with Gasteiger partial charge in [0, 0.05) is 60.3 Å². The highest BCUT2D eigenvalue weighted by molar-refractivity contribution is 8.01. The van der Waals surface area contributed by atoms with E-state index in [0.29, 0.717) is 18.1 Å². The van der Waals surface area contributed by atoms with Crippen LogP contribution < -0.4 is 4.90 Å². The van der Waals surface area contributed by atoms with Crippen molar-refractivity contribution in [2.24, 2.45) is 0 Å². The minimum Gasteiger partial charge on any atom is -0.478 e. The van der Waals surface area contributed by atoms with Gasteiger partial charge in [-0.15, -0.1) is 23.1 Å². The van der Waals surface area contributed by atoms with E-state index in [4.69, 9.17) is 10.2 Å². The van der Waals surface area contributed by atoms with Crippen LogP contribution in [0.15, 0.2) is 41.8 Å². The highest BCUT2D eigenvalue weighted by Gasteiger charge is 2.48. The number of hydrogen-bond acceptors (Lipinski definition) is 7. The number of thioether (sulfide) groups is 1. The molecule has 1 spiro atoms. The fourth-order valence-corrected chi connectivity index (χ4v) is 7.73. The van der Waals surface area contributed by atoms with E-state index in [9.17, 15) is 14.4 Å². The first-order valence-electron chi connectivity index (χ1n) is 12.9. The van der Waals surface area contributed by atoms with Crippen molar-refractivity contribution in [2.45, 2.75) is 43.3 Å². The Labute approximate surface area is 225 Å². The maximum absolute atomic E-state index is 12.8. The number of anilines is 1. The lowest BCUT2D eigenvalue weighted by Crippen LogP contribution is -2.46. The largest absolute Gasteiger partial charge is 0.478 e. The first kappa shape index (κ1) is 27.5. The van der Waals surface area contributed by atoms with Crippen LogP contribution in [0.4, 0.5) is 5.69 Å². The van der Waals surface area contributed by atoms with E-state index in [-0.39, 0.29) is 4.75 Å². The van der Waals surface area contributed by atoms with Gasteiger partial charge in [-0.2, -0.15) is 0 Å². The second kappa shape index (κ2) is 12.8. The van der Waals surface area contributed by atoms with Crippen molar-refractivity contribution in [3.05, 3.63) is 41.8 Å². The molecule has 2 N–H and O–H groups in total. The van der Waals surface area contributed by atoms with Crippen LogP contribution in [0.1, 0.15) is 38.5 Å². The lowest BCUT2D eigenvalue weighted by atomic mass is 10.1. The van der Waals surface area contributed by atoms with Crippen molar-refractivity contribution in [1.82, 2.24) is 9.80 Å². The molecule has 5 rings (SSSR count). The smallest absolute Gasteiger partial charge is 0.328 e. The molecule has 3 fully saturated rings. The molecule has 0 radical (unpaired) electrons. The van der Waals surface area contributed by atoms with Crippen molar-refractivity contribution >= 4 is 56.7 Å². The molecule has 0 bridgehead atoms. The zero-order valence-electron chi connectivity index (χ0n) is 21.0. The minimum atomic E-state index is -1.26. The van der Waals surface area contributed by atoms with Gasteiger partial charge in [-0.25, -0.2) is 9.59 Å². The summed E-state index contributed by atoms with van der Waals surface area (Å²) in [6.45, 7) is 6.64. The molecule has 1 amide bonds. The van der Waals surface area contributed by atoms with E-state index in [1.807, 2.05) is 23.1 Å². The van der Waals surface area contributed by atoms with Gasteiger partial charge in [0.2, 0.25) is 5.91 Å². The van der Waals surface area contributed by atoms with Gasteiger partial charge in [0.1, 0.15) is 0 Å². The van der Waals surface area contributed by atoms with Crippen LogP contribution in [-0.4, -0.2) is 87.8 Å². The third-order valence-electron chi connectivity index (χ3n) is 7.28. The molecule has 2 aliphatic heterocycles. The molecule has 37 heavy (non-hydrogen) atoms. The van der Waals surface area contributed by atoms with Gasteiger partial charge in [-0.1, -0.05) is 31.0 Å². The lowest BCUT2D eigenvalue weighted by Gasteiger charge is -2.36. The Balaban J connectivity index is 0.000000349. The fraction of sp³-hybridized carbons (Fsp3) is 0.519. The van der Waals surface area contributed by atoms with Gasteiger partial charge in [-0.05, 0) is 38.3 Å². The number of piperazine rings is 1. The summed E-state index contributed by atoms with van der Waals surface area (Å²) in [7, 11) is 0. The summed E-state index contributed by atoms with van der Waals surface area (Å²) in [4.78, 5) is 39.2.